The Morgan fingerprint density at radius 2 is 1.03 bits per heavy atom. The summed E-state index contributed by atoms with van der Waals surface area (Å²) < 4.78 is 2.66. The summed E-state index contributed by atoms with van der Waals surface area (Å²) in [6, 6.07) is 35.3. The van der Waals surface area contributed by atoms with Crippen LogP contribution in [0, 0.1) is 7.14 Å². The summed E-state index contributed by atoms with van der Waals surface area (Å²) in [6.45, 7) is 0. The summed E-state index contributed by atoms with van der Waals surface area (Å²) >= 11 is 5.05. The average molecular weight is 606 g/mol. The summed E-state index contributed by atoms with van der Waals surface area (Å²) in [5.74, 6) is 0. The van der Waals surface area contributed by atoms with Crippen molar-refractivity contribution in [3.63, 3.8) is 0 Å². The van der Waals surface area contributed by atoms with Gasteiger partial charge in [-0.05, 0) is 94.2 Å². The van der Waals surface area contributed by atoms with Gasteiger partial charge in [0, 0.05) is 12.7 Å². The van der Waals surface area contributed by atoms with E-state index in [1.165, 1.54) is 61.7 Å². The zero-order chi connectivity index (χ0) is 20.2. The fourth-order valence-corrected chi connectivity index (χ4v) is 6.25. The molecule has 0 nitrogen and oxygen atoms in total. The van der Waals surface area contributed by atoms with Crippen molar-refractivity contribution in [1.29, 1.82) is 0 Å². The fraction of sp³-hybridized carbons (Fsp3) is 0. The van der Waals surface area contributed by atoms with Crippen molar-refractivity contribution in [2.75, 3.05) is 0 Å². The minimum atomic E-state index is 1.27. The van der Waals surface area contributed by atoms with Crippen LogP contribution in [0.25, 0.3) is 54.6 Å². The maximum Gasteiger partial charge on any atom is 0.0354 e. The molecule has 30 heavy (non-hydrogen) atoms. The van der Waals surface area contributed by atoms with Crippen LogP contribution in [0.15, 0.2) is 97.1 Å². The second-order valence-corrected chi connectivity index (χ2v) is 9.75. The number of benzene rings is 6. The summed E-state index contributed by atoms with van der Waals surface area (Å²) in [5.41, 5.74) is 5.18. The summed E-state index contributed by atoms with van der Waals surface area (Å²) in [5, 5.41) is 8.07. The van der Waals surface area contributed by atoms with E-state index < -0.39 is 0 Å². The van der Waals surface area contributed by atoms with Crippen LogP contribution in [0.3, 0.4) is 0 Å². The molecule has 0 radical (unpaired) electrons. The SMILES string of the molecule is Ic1c(I)c2ccc3c(-c4ccccc4)ccc4ccc(c1-c1ccccc1)c2c43. The molecule has 0 aliphatic rings. The molecule has 0 saturated carbocycles. The third-order valence-electron chi connectivity index (χ3n) is 5.98. The Morgan fingerprint density at radius 1 is 0.433 bits per heavy atom. The normalized spacial score (nSPS) is 11.7. The number of hydrogen-bond acceptors (Lipinski definition) is 0. The number of halogens is 2. The van der Waals surface area contributed by atoms with Crippen LogP contribution < -0.4 is 0 Å². The van der Waals surface area contributed by atoms with Crippen molar-refractivity contribution >= 4 is 77.5 Å². The second kappa shape index (κ2) is 7.20. The Morgan fingerprint density at radius 3 is 1.77 bits per heavy atom. The molecule has 0 spiro atoms. The average Bonchev–Trinajstić information content (AvgIpc) is 2.81. The Labute approximate surface area is 202 Å². The fourth-order valence-electron chi connectivity index (χ4n) is 4.64. The summed E-state index contributed by atoms with van der Waals surface area (Å²) in [4.78, 5) is 0. The predicted molar refractivity (Wildman–Crippen MR) is 146 cm³/mol. The van der Waals surface area contributed by atoms with Crippen molar-refractivity contribution in [2.45, 2.75) is 0 Å². The Bertz CT molecular complexity index is 1530. The lowest BCUT2D eigenvalue weighted by molar-refractivity contribution is 1.61. The van der Waals surface area contributed by atoms with Crippen molar-refractivity contribution in [3.05, 3.63) is 104 Å². The van der Waals surface area contributed by atoms with E-state index in [0.29, 0.717) is 0 Å². The monoisotopic (exact) mass is 606 g/mol. The Hall–Kier alpha value is -2.18. The molecule has 0 atom stereocenters. The van der Waals surface area contributed by atoms with Gasteiger partial charge in [-0.1, -0.05) is 97.1 Å². The second-order valence-electron chi connectivity index (χ2n) is 7.60. The highest BCUT2D eigenvalue weighted by Crippen LogP contribution is 2.45. The van der Waals surface area contributed by atoms with E-state index in [4.69, 9.17) is 0 Å². The van der Waals surface area contributed by atoms with Gasteiger partial charge in [0.25, 0.3) is 0 Å². The smallest absolute Gasteiger partial charge is 0.0354 e. The largest absolute Gasteiger partial charge is 0.0622 e. The van der Waals surface area contributed by atoms with E-state index in [9.17, 15) is 0 Å². The van der Waals surface area contributed by atoms with Crippen LogP contribution in [-0.2, 0) is 0 Å². The predicted octanol–water partition coefficient (Wildman–Crippen LogP) is 9.13. The molecule has 0 saturated heterocycles. The lowest BCUT2D eigenvalue weighted by Crippen LogP contribution is -1.95. The highest BCUT2D eigenvalue weighted by molar-refractivity contribution is 14.1. The van der Waals surface area contributed by atoms with Crippen LogP contribution in [-0.4, -0.2) is 0 Å². The van der Waals surface area contributed by atoms with E-state index in [2.05, 4.69) is 142 Å². The van der Waals surface area contributed by atoms with Crippen molar-refractivity contribution in [3.8, 4) is 22.3 Å². The molecule has 6 aromatic carbocycles. The van der Waals surface area contributed by atoms with E-state index in [-0.39, 0.29) is 0 Å². The topological polar surface area (TPSA) is 0 Å². The lowest BCUT2D eigenvalue weighted by Gasteiger charge is -2.19. The zero-order valence-corrected chi connectivity index (χ0v) is 20.3. The molecular formula is C28H16I2. The minimum absolute atomic E-state index is 1.27. The molecule has 0 aliphatic heterocycles. The molecule has 0 fully saturated rings. The minimum Gasteiger partial charge on any atom is -0.0622 e. The summed E-state index contributed by atoms with van der Waals surface area (Å²) in [7, 11) is 0. The lowest BCUT2D eigenvalue weighted by atomic mass is 9.87. The van der Waals surface area contributed by atoms with Gasteiger partial charge < -0.3 is 0 Å². The molecule has 142 valence electrons. The molecule has 0 unspecified atom stereocenters. The first-order valence-corrected chi connectivity index (χ1v) is 12.1. The first-order valence-electron chi connectivity index (χ1n) is 9.93. The van der Waals surface area contributed by atoms with Crippen LogP contribution in [0.5, 0.6) is 0 Å². The van der Waals surface area contributed by atoms with E-state index in [1.807, 2.05) is 0 Å². The van der Waals surface area contributed by atoms with Gasteiger partial charge >= 0.3 is 0 Å². The molecule has 2 heteroatoms. The van der Waals surface area contributed by atoms with Crippen LogP contribution >= 0.6 is 45.2 Å². The van der Waals surface area contributed by atoms with Gasteiger partial charge in [-0.2, -0.15) is 0 Å². The van der Waals surface area contributed by atoms with Gasteiger partial charge in [-0.25, -0.2) is 0 Å². The highest BCUT2D eigenvalue weighted by atomic mass is 127. The molecule has 6 aromatic rings. The van der Waals surface area contributed by atoms with Crippen LogP contribution in [0.2, 0.25) is 0 Å². The standard InChI is InChI=1S/C28H16I2/c29-27-23-16-15-21-20(17-7-3-1-4-8-17)13-11-19-12-14-22(26(23)24(19)21)25(28(27)30)18-9-5-2-6-10-18/h1-16H. The zero-order valence-electron chi connectivity index (χ0n) is 16.0. The first-order chi connectivity index (χ1) is 14.7. The highest BCUT2D eigenvalue weighted by Gasteiger charge is 2.19. The van der Waals surface area contributed by atoms with Gasteiger partial charge in [-0.15, -0.1) is 0 Å². The third-order valence-corrected chi connectivity index (χ3v) is 9.21. The number of rotatable bonds is 2. The number of hydrogen-bond donors (Lipinski definition) is 0. The van der Waals surface area contributed by atoms with Gasteiger partial charge in [0.1, 0.15) is 0 Å². The first kappa shape index (κ1) is 18.6. The maximum atomic E-state index is 2.53. The molecule has 0 aliphatic carbocycles. The van der Waals surface area contributed by atoms with Crippen molar-refractivity contribution in [2.24, 2.45) is 0 Å². The Balaban J connectivity index is 1.82. The third kappa shape index (κ3) is 2.70. The van der Waals surface area contributed by atoms with Crippen molar-refractivity contribution < 1.29 is 0 Å². The molecule has 0 N–H and O–H groups in total. The maximum absolute atomic E-state index is 2.53. The van der Waals surface area contributed by atoms with Gasteiger partial charge in [0.05, 0.1) is 0 Å². The van der Waals surface area contributed by atoms with Crippen molar-refractivity contribution in [1.82, 2.24) is 0 Å². The van der Waals surface area contributed by atoms with E-state index >= 15 is 0 Å². The van der Waals surface area contributed by atoms with Gasteiger partial charge in [-0.3, -0.25) is 0 Å². The quantitative estimate of drug-likeness (QED) is 0.136. The molecule has 6 rings (SSSR count). The van der Waals surface area contributed by atoms with E-state index in [0.717, 1.165) is 0 Å². The molecule has 0 heterocycles. The van der Waals surface area contributed by atoms with E-state index in [1.54, 1.807) is 0 Å². The van der Waals surface area contributed by atoms with Crippen LogP contribution in [0.4, 0.5) is 0 Å². The summed E-state index contributed by atoms with van der Waals surface area (Å²) in [6.07, 6.45) is 0. The van der Waals surface area contributed by atoms with Crippen LogP contribution in [0.1, 0.15) is 0 Å². The molecular weight excluding hydrogens is 590 g/mol. The van der Waals surface area contributed by atoms with Gasteiger partial charge in [0.2, 0.25) is 0 Å². The Kier molecular flexibility index (Phi) is 4.46. The molecule has 0 bridgehead atoms. The molecule has 0 amide bonds. The van der Waals surface area contributed by atoms with Gasteiger partial charge in [0.15, 0.2) is 0 Å². The molecule has 0 aromatic heterocycles.